The number of alkyl halides is 3. The van der Waals surface area contributed by atoms with E-state index in [0.717, 1.165) is 25.7 Å². The lowest BCUT2D eigenvalue weighted by Crippen LogP contribution is -2.37. The van der Waals surface area contributed by atoms with Crippen molar-refractivity contribution in [1.82, 2.24) is 15.0 Å². The lowest BCUT2D eigenvalue weighted by Gasteiger charge is -2.37. The Morgan fingerprint density at radius 2 is 1.72 bits per heavy atom. The normalized spacial score (nSPS) is 19.6. The molecule has 0 spiro atoms. The van der Waals surface area contributed by atoms with Crippen molar-refractivity contribution < 1.29 is 22.4 Å². The summed E-state index contributed by atoms with van der Waals surface area (Å²) in [6, 6.07) is 16.7. The van der Waals surface area contributed by atoms with Crippen LogP contribution in [0.1, 0.15) is 43.6 Å². The highest BCUT2D eigenvalue weighted by Crippen LogP contribution is 2.35. The van der Waals surface area contributed by atoms with E-state index in [1.807, 2.05) is 6.08 Å². The molecule has 1 heterocycles. The van der Waals surface area contributed by atoms with Crippen molar-refractivity contribution in [3.05, 3.63) is 72.1 Å². The molecular formula is C28H32F3N3O2. The quantitative estimate of drug-likeness (QED) is 0.317. The standard InChI is InChI=1S/C28H32F3N3O2/c1-34(2)25(18-10-20-6-4-3-5-7-20)22-12-8-21(9-13-22)11-19-26-32-27(33-36-26)23-14-16-24(17-15-23)35-28(29,30)31/h3-7,11,14-17,19,21-22,25H,8-10,12-13,18H2,1-2H3. The van der Waals surface area contributed by atoms with Gasteiger partial charge in [-0.1, -0.05) is 41.6 Å². The monoisotopic (exact) mass is 499 g/mol. The lowest BCUT2D eigenvalue weighted by atomic mass is 9.76. The molecule has 0 amide bonds. The fraction of sp³-hybridized carbons (Fsp3) is 0.429. The van der Waals surface area contributed by atoms with Crippen molar-refractivity contribution in [1.29, 1.82) is 0 Å². The van der Waals surface area contributed by atoms with E-state index in [1.54, 1.807) is 0 Å². The molecule has 8 heteroatoms. The van der Waals surface area contributed by atoms with Crippen LogP contribution in [-0.4, -0.2) is 41.5 Å². The molecule has 2 aromatic carbocycles. The van der Waals surface area contributed by atoms with Crippen LogP contribution in [0.3, 0.4) is 0 Å². The smallest absolute Gasteiger partial charge is 0.406 e. The third-order valence-corrected chi connectivity index (χ3v) is 6.89. The molecule has 0 aliphatic heterocycles. The van der Waals surface area contributed by atoms with Crippen LogP contribution in [0, 0.1) is 11.8 Å². The Kier molecular flexibility index (Phi) is 8.46. The summed E-state index contributed by atoms with van der Waals surface area (Å²) in [6.45, 7) is 0. The maximum absolute atomic E-state index is 12.3. The molecule has 0 bridgehead atoms. The number of nitrogens with zero attached hydrogens (tertiary/aromatic N) is 3. The molecular weight excluding hydrogens is 467 g/mol. The van der Waals surface area contributed by atoms with Crippen molar-refractivity contribution in [3.63, 3.8) is 0 Å². The Morgan fingerprint density at radius 3 is 2.36 bits per heavy atom. The zero-order chi connectivity index (χ0) is 25.5. The van der Waals surface area contributed by atoms with E-state index in [0.29, 0.717) is 35.2 Å². The van der Waals surface area contributed by atoms with Crippen molar-refractivity contribution >= 4 is 6.08 Å². The van der Waals surface area contributed by atoms with E-state index < -0.39 is 6.36 Å². The van der Waals surface area contributed by atoms with Gasteiger partial charge in [0.15, 0.2) is 0 Å². The summed E-state index contributed by atoms with van der Waals surface area (Å²) in [4.78, 5) is 6.73. The largest absolute Gasteiger partial charge is 0.573 e. The summed E-state index contributed by atoms with van der Waals surface area (Å²) in [5, 5.41) is 3.95. The third kappa shape index (κ3) is 7.43. The fourth-order valence-corrected chi connectivity index (χ4v) is 5.04. The lowest BCUT2D eigenvalue weighted by molar-refractivity contribution is -0.274. The van der Waals surface area contributed by atoms with Crippen molar-refractivity contribution in [2.24, 2.45) is 11.8 Å². The average Bonchev–Trinajstić information content (AvgIpc) is 3.33. The molecule has 1 aliphatic rings. The van der Waals surface area contributed by atoms with Crippen molar-refractivity contribution in [3.8, 4) is 17.1 Å². The first kappa shape index (κ1) is 25.9. The van der Waals surface area contributed by atoms with Gasteiger partial charge in [0.25, 0.3) is 5.89 Å². The van der Waals surface area contributed by atoms with Crippen LogP contribution in [-0.2, 0) is 6.42 Å². The first-order valence-electron chi connectivity index (χ1n) is 12.4. The van der Waals surface area contributed by atoms with Gasteiger partial charge < -0.3 is 14.2 Å². The van der Waals surface area contributed by atoms with Crippen LogP contribution >= 0.6 is 0 Å². The first-order valence-corrected chi connectivity index (χ1v) is 12.4. The molecule has 0 radical (unpaired) electrons. The van der Waals surface area contributed by atoms with Gasteiger partial charge in [0, 0.05) is 11.6 Å². The molecule has 192 valence electrons. The third-order valence-electron chi connectivity index (χ3n) is 6.89. The minimum Gasteiger partial charge on any atom is -0.406 e. The van der Waals surface area contributed by atoms with Crippen molar-refractivity contribution in [2.75, 3.05) is 14.1 Å². The van der Waals surface area contributed by atoms with Crippen LogP contribution in [0.4, 0.5) is 13.2 Å². The van der Waals surface area contributed by atoms with Gasteiger partial charge in [-0.15, -0.1) is 13.2 Å². The van der Waals surface area contributed by atoms with E-state index in [9.17, 15) is 13.2 Å². The van der Waals surface area contributed by atoms with Gasteiger partial charge in [-0.2, -0.15) is 4.98 Å². The number of benzene rings is 2. The number of aryl methyl sites for hydroxylation is 1. The van der Waals surface area contributed by atoms with E-state index in [1.165, 1.54) is 42.7 Å². The molecule has 5 nitrogen and oxygen atoms in total. The van der Waals surface area contributed by atoms with Crippen LogP contribution in [0.2, 0.25) is 0 Å². The number of hydrogen-bond acceptors (Lipinski definition) is 5. The van der Waals surface area contributed by atoms with E-state index in [4.69, 9.17) is 4.52 Å². The second-order valence-corrected chi connectivity index (χ2v) is 9.62. The van der Waals surface area contributed by atoms with E-state index >= 15 is 0 Å². The maximum atomic E-state index is 12.3. The molecule has 1 aromatic heterocycles. The van der Waals surface area contributed by atoms with Gasteiger partial charge in [0.2, 0.25) is 5.82 Å². The van der Waals surface area contributed by atoms with Gasteiger partial charge in [-0.25, -0.2) is 0 Å². The number of aromatic nitrogens is 2. The molecule has 4 rings (SSSR count). The van der Waals surface area contributed by atoms with Crippen molar-refractivity contribution in [2.45, 2.75) is 50.9 Å². The summed E-state index contributed by atoms with van der Waals surface area (Å²) in [6.07, 6.45) is 6.15. The van der Waals surface area contributed by atoms with Crippen LogP contribution in [0.15, 0.2) is 65.2 Å². The molecule has 1 saturated carbocycles. The van der Waals surface area contributed by atoms with Gasteiger partial charge in [-0.05, 0) is 100 Å². The number of allylic oxidation sites excluding steroid dienone is 1. The highest BCUT2D eigenvalue weighted by molar-refractivity contribution is 5.56. The van der Waals surface area contributed by atoms with Gasteiger partial charge in [0.05, 0.1) is 0 Å². The predicted molar refractivity (Wildman–Crippen MR) is 133 cm³/mol. The Balaban J connectivity index is 1.28. The van der Waals surface area contributed by atoms with Crippen LogP contribution in [0.5, 0.6) is 5.75 Å². The molecule has 0 N–H and O–H groups in total. The highest BCUT2D eigenvalue weighted by Gasteiger charge is 2.31. The first-order chi connectivity index (χ1) is 17.3. The number of hydrogen-bond donors (Lipinski definition) is 0. The summed E-state index contributed by atoms with van der Waals surface area (Å²) < 4.78 is 46.2. The summed E-state index contributed by atoms with van der Waals surface area (Å²) in [5.74, 6) is 1.57. The van der Waals surface area contributed by atoms with Crippen LogP contribution < -0.4 is 4.74 Å². The SMILES string of the molecule is CN(C)C(CCc1ccccc1)C1CCC(C=Cc2nc(-c3ccc(OC(F)(F)F)cc3)no2)CC1. The Hall–Kier alpha value is -3.13. The number of halogens is 3. The zero-order valence-electron chi connectivity index (χ0n) is 20.6. The van der Waals surface area contributed by atoms with Crippen LogP contribution in [0.25, 0.3) is 17.5 Å². The number of rotatable bonds is 9. The Bertz CT molecular complexity index is 1100. The molecule has 1 atom stereocenters. The molecule has 36 heavy (non-hydrogen) atoms. The maximum Gasteiger partial charge on any atom is 0.573 e. The summed E-state index contributed by atoms with van der Waals surface area (Å²) in [5.41, 5.74) is 1.95. The summed E-state index contributed by atoms with van der Waals surface area (Å²) >= 11 is 0. The van der Waals surface area contributed by atoms with Gasteiger partial charge in [0.1, 0.15) is 5.75 Å². The molecule has 1 aliphatic carbocycles. The Labute approximate surface area is 210 Å². The van der Waals surface area contributed by atoms with E-state index in [-0.39, 0.29) is 5.75 Å². The topological polar surface area (TPSA) is 51.4 Å². The molecule has 1 unspecified atom stereocenters. The minimum absolute atomic E-state index is 0.290. The average molecular weight is 500 g/mol. The fourth-order valence-electron chi connectivity index (χ4n) is 5.04. The van der Waals surface area contributed by atoms with Gasteiger partial charge in [-0.3, -0.25) is 0 Å². The summed E-state index contributed by atoms with van der Waals surface area (Å²) in [7, 11) is 4.37. The Morgan fingerprint density at radius 1 is 1.03 bits per heavy atom. The molecule has 0 saturated heterocycles. The zero-order valence-corrected chi connectivity index (χ0v) is 20.6. The second kappa shape index (κ2) is 11.7. The molecule has 1 fully saturated rings. The van der Waals surface area contributed by atoms with E-state index in [2.05, 4.69) is 70.3 Å². The highest BCUT2D eigenvalue weighted by atomic mass is 19.4. The van der Waals surface area contributed by atoms with Gasteiger partial charge >= 0.3 is 6.36 Å². The molecule has 3 aromatic rings. The number of ether oxygens (including phenoxy) is 1. The second-order valence-electron chi connectivity index (χ2n) is 9.62. The predicted octanol–water partition coefficient (Wildman–Crippen LogP) is 7.02. The minimum atomic E-state index is -4.72.